The van der Waals surface area contributed by atoms with Crippen LogP contribution in [0.3, 0.4) is 0 Å². The molecule has 1 aliphatic rings. The number of rotatable bonds is 6. The van der Waals surface area contributed by atoms with Crippen LogP contribution in [0.15, 0.2) is 83.7 Å². The largest absolute Gasteiger partial charge is 0.445 e. The molecule has 3 aromatic carbocycles. The number of ether oxygens (including phenoxy) is 2. The second-order valence-corrected chi connectivity index (χ2v) is 9.09. The molecule has 0 atom stereocenters. The van der Waals surface area contributed by atoms with Gasteiger partial charge in [0.15, 0.2) is 0 Å². The SMILES string of the molecule is O=C(Oc1cccc(Cc2n[nH]c(=O)c3ccccc23)c1)C1CCN(C(=O)OCc2ccccc2)CC1. The highest BCUT2D eigenvalue weighted by Crippen LogP contribution is 2.23. The zero-order valence-electron chi connectivity index (χ0n) is 20.3. The smallest absolute Gasteiger partial charge is 0.410 e. The molecule has 1 saturated heterocycles. The summed E-state index contributed by atoms with van der Waals surface area (Å²) in [5.41, 5.74) is 2.36. The Kier molecular flexibility index (Phi) is 7.26. The van der Waals surface area contributed by atoms with Crippen molar-refractivity contribution < 1.29 is 19.1 Å². The third-order valence-electron chi connectivity index (χ3n) is 6.56. The van der Waals surface area contributed by atoms with Gasteiger partial charge in [0.05, 0.1) is 17.0 Å². The van der Waals surface area contributed by atoms with E-state index in [-0.39, 0.29) is 30.1 Å². The molecule has 4 aromatic rings. The number of piperidine rings is 1. The Bertz CT molecular complexity index is 1460. The fourth-order valence-corrected chi connectivity index (χ4v) is 4.53. The van der Waals surface area contributed by atoms with Crippen LogP contribution >= 0.6 is 0 Å². The number of hydrogen-bond acceptors (Lipinski definition) is 6. The normalized spacial score (nSPS) is 13.9. The number of amides is 1. The standard InChI is InChI=1S/C29H27N3O5/c33-27-25-12-5-4-11-24(25)26(30-31-27)18-21-9-6-10-23(17-21)37-28(34)22-13-15-32(16-14-22)29(35)36-19-20-7-2-1-3-8-20/h1-12,17,22H,13-16,18-19H2,(H,31,33). The molecular weight excluding hydrogens is 470 g/mol. The summed E-state index contributed by atoms with van der Waals surface area (Å²) in [6, 6.07) is 24.2. The Balaban J connectivity index is 1.15. The van der Waals surface area contributed by atoms with Crippen molar-refractivity contribution in [3.63, 3.8) is 0 Å². The molecule has 2 heterocycles. The van der Waals surface area contributed by atoms with E-state index in [4.69, 9.17) is 9.47 Å². The van der Waals surface area contributed by atoms with Gasteiger partial charge in [0, 0.05) is 24.9 Å². The van der Waals surface area contributed by atoms with Crippen LogP contribution in [0.1, 0.15) is 29.7 Å². The van der Waals surface area contributed by atoms with E-state index in [9.17, 15) is 14.4 Å². The predicted octanol–water partition coefficient (Wildman–Crippen LogP) is 4.47. The van der Waals surface area contributed by atoms with Crippen LogP contribution in [-0.4, -0.2) is 40.2 Å². The first-order chi connectivity index (χ1) is 18.1. The third kappa shape index (κ3) is 5.86. The minimum absolute atomic E-state index is 0.225. The Morgan fingerprint density at radius 3 is 2.38 bits per heavy atom. The minimum atomic E-state index is -0.369. The van der Waals surface area contributed by atoms with Gasteiger partial charge in [-0.2, -0.15) is 5.10 Å². The van der Waals surface area contributed by atoms with Gasteiger partial charge in [-0.25, -0.2) is 9.89 Å². The first-order valence-electron chi connectivity index (χ1n) is 12.3. The molecule has 0 spiro atoms. The summed E-state index contributed by atoms with van der Waals surface area (Å²) in [4.78, 5) is 38.9. The van der Waals surface area contributed by atoms with Gasteiger partial charge in [0.25, 0.3) is 5.56 Å². The first kappa shape index (κ1) is 24.2. The highest BCUT2D eigenvalue weighted by molar-refractivity contribution is 5.83. The van der Waals surface area contributed by atoms with Crippen molar-refractivity contribution in [3.8, 4) is 5.75 Å². The highest BCUT2D eigenvalue weighted by atomic mass is 16.6. The second-order valence-electron chi connectivity index (χ2n) is 9.09. The Labute approximate surface area is 213 Å². The fraction of sp³-hybridized carbons (Fsp3) is 0.241. The summed E-state index contributed by atoms with van der Waals surface area (Å²) in [6.07, 6.45) is 1.15. The summed E-state index contributed by atoms with van der Waals surface area (Å²) < 4.78 is 11.1. The van der Waals surface area contributed by atoms with Crippen LogP contribution in [0.4, 0.5) is 4.79 Å². The average Bonchev–Trinajstić information content (AvgIpc) is 2.94. The molecule has 1 amide bonds. The number of likely N-dealkylation sites (tertiary alicyclic amines) is 1. The predicted molar refractivity (Wildman–Crippen MR) is 138 cm³/mol. The molecule has 1 fully saturated rings. The van der Waals surface area contributed by atoms with Crippen molar-refractivity contribution >= 4 is 22.8 Å². The molecule has 1 N–H and O–H groups in total. The summed E-state index contributed by atoms with van der Waals surface area (Å²) in [5.74, 6) is -0.130. The average molecular weight is 498 g/mol. The molecule has 0 radical (unpaired) electrons. The number of fused-ring (bicyclic) bond motifs is 1. The molecule has 37 heavy (non-hydrogen) atoms. The number of benzene rings is 3. The van der Waals surface area contributed by atoms with Gasteiger partial charge in [-0.3, -0.25) is 9.59 Å². The molecule has 0 bridgehead atoms. The van der Waals surface area contributed by atoms with Crippen LogP contribution in [0.5, 0.6) is 5.75 Å². The number of carbonyl (C=O) groups excluding carboxylic acids is 2. The van der Waals surface area contributed by atoms with E-state index in [1.165, 1.54) is 0 Å². The molecule has 5 rings (SSSR count). The van der Waals surface area contributed by atoms with Crippen molar-refractivity contribution in [1.82, 2.24) is 15.1 Å². The van der Waals surface area contributed by atoms with Crippen LogP contribution in [0.25, 0.3) is 10.8 Å². The molecular formula is C29H27N3O5. The lowest BCUT2D eigenvalue weighted by Crippen LogP contribution is -2.41. The highest BCUT2D eigenvalue weighted by Gasteiger charge is 2.29. The lowest BCUT2D eigenvalue weighted by molar-refractivity contribution is -0.140. The molecule has 0 aliphatic carbocycles. The summed E-state index contributed by atoms with van der Waals surface area (Å²) in [6.45, 7) is 1.11. The maximum Gasteiger partial charge on any atom is 0.410 e. The van der Waals surface area contributed by atoms with Crippen LogP contribution in [0, 0.1) is 5.92 Å². The fourth-order valence-electron chi connectivity index (χ4n) is 4.53. The molecule has 0 unspecified atom stereocenters. The number of hydrogen-bond donors (Lipinski definition) is 1. The van der Waals surface area contributed by atoms with Gasteiger partial charge in [-0.15, -0.1) is 0 Å². The van der Waals surface area contributed by atoms with E-state index < -0.39 is 0 Å². The number of aromatic nitrogens is 2. The van der Waals surface area contributed by atoms with E-state index in [0.717, 1.165) is 22.2 Å². The van der Waals surface area contributed by atoms with Gasteiger partial charge in [-0.05, 0) is 42.2 Å². The molecule has 188 valence electrons. The van der Waals surface area contributed by atoms with Crippen LogP contribution in [0.2, 0.25) is 0 Å². The summed E-state index contributed by atoms with van der Waals surface area (Å²) in [5, 5.41) is 8.16. The summed E-state index contributed by atoms with van der Waals surface area (Å²) in [7, 11) is 0. The Morgan fingerprint density at radius 1 is 0.892 bits per heavy atom. The van der Waals surface area contributed by atoms with Gasteiger partial charge in [-0.1, -0.05) is 60.7 Å². The van der Waals surface area contributed by atoms with Gasteiger partial charge in [0.2, 0.25) is 0 Å². The monoisotopic (exact) mass is 497 g/mol. The lowest BCUT2D eigenvalue weighted by atomic mass is 9.97. The molecule has 1 aliphatic heterocycles. The topological polar surface area (TPSA) is 102 Å². The zero-order chi connectivity index (χ0) is 25.6. The van der Waals surface area contributed by atoms with Gasteiger partial charge in [0.1, 0.15) is 12.4 Å². The van der Waals surface area contributed by atoms with E-state index in [1.807, 2.05) is 66.7 Å². The van der Waals surface area contributed by atoms with E-state index >= 15 is 0 Å². The molecule has 8 heteroatoms. The minimum Gasteiger partial charge on any atom is -0.445 e. The summed E-state index contributed by atoms with van der Waals surface area (Å²) >= 11 is 0. The van der Waals surface area contributed by atoms with E-state index in [1.54, 1.807) is 17.0 Å². The van der Waals surface area contributed by atoms with E-state index in [0.29, 0.717) is 43.5 Å². The van der Waals surface area contributed by atoms with Gasteiger partial charge >= 0.3 is 12.1 Å². The number of carbonyl (C=O) groups is 2. The van der Waals surface area contributed by atoms with Crippen LogP contribution in [-0.2, 0) is 22.6 Å². The van der Waals surface area contributed by atoms with Crippen molar-refractivity contribution in [3.05, 3.63) is 106 Å². The number of nitrogens with zero attached hydrogens (tertiary/aromatic N) is 2. The molecule has 0 saturated carbocycles. The zero-order valence-corrected chi connectivity index (χ0v) is 20.3. The van der Waals surface area contributed by atoms with Crippen LogP contribution < -0.4 is 10.3 Å². The number of H-pyrrole nitrogens is 1. The first-order valence-corrected chi connectivity index (χ1v) is 12.3. The molecule has 8 nitrogen and oxygen atoms in total. The lowest BCUT2D eigenvalue weighted by Gasteiger charge is -2.30. The number of esters is 1. The second kappa shape index (κ2) is 11.1. The quantitative estimate of drug-likeness (QED) is 0.312. The maximum absolute atomic E-state index is 12.8. The van der Waals surface area contributed by atoms with Crippen molar-refractivity contribution in [2.75, 3.05) is 13.1 Å². The van der Waals surface area contributed by atoms with E-state index in [2.05, 4.69) is 10.2 Å². The maximum atomic E-state index is 12.8. The number of aromatic amines is 1. The molecule has 1 aromatic heterocycles. The third-order valence-corrected chi connectivity index (χ3v) is 6.56. The Hall–Kier alpha value is -4.46. The van der Waals surface area contributed by atoms with Crippen molar-refractivity contribution in [2.24, 2.45) is 5.92 Å². The van der Waals surface area contributed by atoms with Crippen molar-refractivity contribution in [2.45, 2.75) is 25.9 Å². The Morgan fingerprint density at radius 2 is 1.59 bits per heavy atom. The van der Waals surface area contributed by atoms with Crippen molar-refractivity contribution in [1.29, 1.82) is 0 Å². The van der Waals surface area contributed by atoms with Gasteiger partial charge < -0.3 is 14.4 Å². The number of nitrogens with one attached hydrogen (secondary N) is 1.